The van der Waals surface area contributed by atoms with Crippen molar-refractivity contribution >= 4 is 29.0 Å². The van der Waals surface area contributed by atoms with E-state index in [0.29, 0.717) is 24.1 Å². The van der Waals surface area contributed by atoms with Gasteiger partial charge in [0.15, 0.2) is 0 Å². The van der Waals surface area contributed by atoms with Crippen LogP contribution in [0.3, 0.4) is 0 Å². The standard InChI is InChI=1S/C19H22N4O2S2/c1-13(2)23(10-15-7-5-4-6-8-15)18(24)12-27-19-22-21-17(25-19)9-16-11-26-14(3)20-16/h4-8,11,13H,9-10,12H2,1-3H3. The van der Waals surface area contributed by atoms with Crippen molar-refractivity contribution in [2.24, 2.45) is 0 Å². The van der Waals surface area contributed by atoms with Gasteiger partial charge in [-0.1, -0.05) is 42.1 Å². The molecule has 0 fully saturated rings. The highest BCUT2D eigenvalue weighted by Gasteiger charge is 2.19. The summed E-state index contributed by atoms with van der Waals surface area (Å²) in [5.41, 5.74) is 2.03. The molecule has 0 saturated heterocycles. The first kappa shape index (κ1) is 19.6. The monoisotopic (exact) mass is 402 g/mol. The minimum absolute atomic E-state index is 0.0497. The van der Waals surface area contributed by atoms with Crippen molar-refractivity contribution in [2.45, 2.75) is 45.0 Å². The smallest absolute Gasteiger partial charge is 0.277 e. The largest absolute Gasteiger partial charge is 0.416 e. The summed E-state index contributed by atoms with van der Waals surface area (Å²) in [6.45, 7) is 6.60. The number of nitrogens with zero attached hydrogens (tertiary/aromatic N) is 4. The van der Waals surface area contributed by atoms with Crippen LogP contribution in [0.25, 0.3) is 0 Å². The Hall–Kier alpha value is -2.19. The highest BCUT2D eigenvalue weighted by molar-refractivity contribution is 7.99. The van der Waals surface area contributed by atoms with Crippen LogP contribution in [0.4, 0.5) is 0 Å². The van der Waals surface area contributed by atoms with Crippen molar-refractivity contribution < 1.29 is 9.21 Å². The molecule has 2 heterocycles. The van der Waals surface area contributed by atoms with Gasteiger partial charge in [-0.15, -0.1) is 21.5 Å². The summed E-state index contributed by atoms with van der Waals surface area (Å²) in [5, 5.41) is 11.5. The summed E-state index contributed by atoms with van der Waals surface area (Å²) in [7, 11) is 0. The number of benzene rings is 1. The van der Waals surface area contributed by atoms with E-state index in [1.165, 1.54) is 11.8 Å². The zero-order valence-corrected chi connectivity index (χ0v) is 17.2. The number of rotatable bonds is 8. The van der Waals surface area contributed by atoms with E-state index in [9.17, 15) is 4.79 Å². The maximum absolute atomic E-state index is 12.7. The minimum Gasteiger partial charge on any atom is -0.416 e. The van der Waals surface area contributed by atoms with Crippen LogP contribution in [-0.2, 0) is 17.8 Å². The first-order valence-electron chi connectivity index (χ1n) is 8.71. The molecule has 0 N–H and O–H groups in total. The fraction of sp³-hybridized carbons (Fsp3) is 0.368. The van der Waals surface area contributed by atoms with Gasteiger partial charge in [0.1, 0.15) is 0 Å². The Labute approximate surface area is 167 Å². The second-order valence-corrected chi connectivity index (χ2v) is 8.37. The third kappa shape index (κ3) is 5.64. The number of carbonyl (C=O) groups excluding carboxylic acids is 1. The molecule has 6 nitrogen and oxygen atoms in total. The zero-order valence-electron chi connectivity index (χ0n) is 15.6. The van der Waals surface area contributed by atoms with Gasteiger partial charge in [0, 0.05) is 18.0 Å². The van der Waals surface area contributed by atoms with E-state index in [0.717, 1.165) is 16.3 Å². The molecule has 8 heteroatoms. The van der Waals surface area contributed by atoms with E-state index >= 15 is 0 Å². The van der Waals surface area contributed by atoms with Crippen LogP contribution in [-0.4, -0.2) is 37.8 Å². The average Bonchev–Trinajstić information content (AvgIpc) is 3.27. The van der Waals surface area contributed by atoms with E-state index in [1.54, 1.807) is 11.3 Å². The van der Waals surface area contributed by atoms with Gasteiger partial charge in [0.2, 0.25) is 11.8 Å². The number of aromatic nitrogens is 3. The first-order valence-corrected chi connectivity index (χ1v) is 10.6. The van der Waals surface area contributed by atoms with Crippen molar-refractivity contribution in [2.75, 3.05) is 5.75 Å². The maximum atomic E-state index is 12.7. The average molecular weight is 403 g/mol. The van der Waals surface area contributed by atoms with Crippen LogP contribution in [0.5, 0.6) is 0 Å². The molecular formula is C19H22N4O2S2. The number of amides is 1. The molecule has 1 amide bonds. The third-order valence-electron chi connectivity index (χ3n) is 3.91. The molecule has 3 rings (SSSR count). The van der Waals surface area contributed by atoms with Gasteiger partial charge in [0.05, 0.1) is 22.9 Å². The number of aryl methyl sites for hydroxylation is 1. The molecule has 0 aliphatic carbocycles. The predicted octanol–water partition coefficient (Wildman–Crippen LogP) is 3.95. The highest BCUT2D eigenvalue weighted by Crippen LogP contribution is 2.20. The van der Waals surface area contributed by atoms with Gasteiger partial charge < -0.3 is 9.32 Å². The number of hydrogen-bond acceptors (Lipinski definition) is 7. The third-order valence-corrected chi connectivity index (χ3v) is 5.53. The molecule has 0 saturated carbocycles. The van der Waals surface area contributed by atoms with E-state index in [1.807, 2.05) is 61.4 Å². The summed E-state index contributed by atoms with van der Waals surface area (Å²) in [6.07, 6.45) is 0.512. The fourth-order valence-corrected chi connectivity index (χ4v) is 3.84. The van der Waals surface area contributed by atoms with E-state index in [2.05, 4.69) is 15.2 Å². The van der Waals surface area contributed by atoms with Crippen molar-refractivity contribution in [3.63, 3.8) is 0 Å². The molecule has 0 bridgehead atoms. The van der Waals surface area contributed by atoms with E-state index < -0.39 is 0 Å². The van der Waals surface area contributed by atoms with Crippen LogP contribution in [0.2, 0.25) is 0 Å². The Morgan fingerprint density at radius 1 is 1.26 bits per heavy atom. The topological polar surface area (TPSA) is 72.1 Å². The molecule has 0 spiro atoms. The zero-order chi connectivity index (χ0) is 19.2. The van der Waals surface area contributed by atoms with Crippen LogP contribution in [0.15, 0.2) is 45.4 Å². The number of hydrogen-bond donors (Lipinski definition) is 0. The van der Waals surface area contributed by atoms with Crippen molar-refractivity contribution in [3.8, 4) is 0 Å². The van der Waals surface area contributed by atoms with Gasteiger partial charge in [-0.3, -0.25) is 4.79 Å². The van der Waals surface area contributed by atoms with E-state index in [-0.39, 0.29) is 17.7 Å². The summed E-state index contributed by atoms with van der Waals surface area (Å²) in [4.78, 5) is 18.9. The normalized spacial score (nSPS) is 11.1. The predicted molar refractivity (Wildman–Crippen MR) is 107 cm³/mol. The lowest BCUT2D eigenvalue weighted by atomic mass is 10.2. The molecule has 0 aliphatic rings. The molecule has 3 aromatic rings. The molecule has 27 heavy (non-hydrogen) atoms. The summed E-state index contributed by atoms with van der Waals surface area (Å²) < 4.78 is 5.64. The maximum Gasteiger partial charge on any atom is 0.277 e. The first-order chi connectivity index (χ1) is 13.0. The summed E-state index contributed by atoms with van der Waals surface area (Å²) in [6, 6.07) is 10.1. The fourth-order valence-electron chi connectivity index (χ4n) is 2.56. The van der Waals surface area contributed by atoms with Crippen LogP contribution < -0.4 is 0 Å². The second kappa shape index (κ2) is 9.14. The van der Waals surface area contributed by atoms with Gasteiger partial charge >= 0.3 is 0 Å². The second-order valence-electron chi connectivity index (χ2n) is 6.39. The van der Waals surface area contributed by atoms with Crippen molar-refractivity contribution in [1.29, 1.82) is 0 Å². The lowest BCUT2D eigenvalue weighted by molar-refractivity contribution is -0.130. The number of thioether (sulfide) groups is 1. The molecule has 1 aromatic carbocycles. The van der Waals surface area contributed by atoms with Crippen molar-refractivity contribution in [1.82, 2.24) is 20.1 Å². The Morgan fingerprint density at radius 3 is 2.70 bits per heavy atom. The molecule has 0 radical (unpaired) electrons. The van der Waals surface area contributed by atoms with Gasteiger partial charge in [-0.25, -0.2) is 4.98 Å². The molecule has 0 aliphatic heterocycles. The minimum atomic E-state index is 0.0497. The van der Waals surface area contributed by atoms with Gasteiger partial charge in [-0.05, 0) is 26.3 Å². The SMILES string of the molecule is Cc1nc(Cc2nnc(SCC(=O)N(Cc3ccccc3)C(C)C)o2)cs1. The Kier molecular flexibility index (Phi) is 6.63. The highest BCUT2D eigenvalue weighted by atomic mass is 32.2. The van der Waals surface area contributed by atoms with Crippen LogP contribution in [0, 0.1) is 6.92 Å². The molecule has 0 atom stereocenters. The van der Waals surface area contributed by atoms with Crippen molar-refractivity contribution in [3.05, 3.63) is 57.9 Å². The van der Waals surface area contributed by atoms with Gasteiger partial charge in [0.25, 0.3) is 5.22 Å². The van der Waals surface area contributed by atoms with Gasteiger partial charge in [-0.2, -0.15) is 0 Å². The van der Waals surface area contributed by atoms with Crippen LogP contribution in [0.1, 0.15) is 36.0 Å². The van der Waals surface area contributed by atoms with Crippen LogP contribution >= 0.6 is 23.1 Å². The molecular weight excluding hydrogens is 380 g/mol. The van der Waals surface area contributed by atoms with E-state index in [4.69, 9.17) is 4.42 Å². The Balaban J connectivity index is 1.55. The number of carbonyl (C=O) groups is 1. The number of thiazole rings is 1. The lowest BCUT2D eigenvalue weighted by Gasteiger charge is -2.26. The molecule has 142 valence electrons. The molecule has 2 aromatic heterocycles. The summed E-state index contributed by atoms with van der Waals surface area (Å²) in [5.74, 6) is 0.830. The quantitative estimate of drug-likeness (QED) is 0.531. The molecule has 0 unspecified atom stereocenters. The lowest BCUT2D eigenvalue weighted by Crippen LogP contribution is -2.37. The summed E-state index contributed by atoms with van der Waals surface area (Å²) >= 11 is 2.87. The Bertz CT molecular complexity index is 877. The Morgan fingerprint density at radius 2 is 2.04 bits per heavy atom.